The highest BCUT2D eigenvalue weighted by Crippen LogP contribution is 2.26. The van der Waals surface area contributed by atoms with Crippen molar-refractivity contribution in [3.63, 3.8) is 0 Å². The molecular weight excluding hydrogens is 304 g/mol. The van der Waals surface area contributed by atoms with E-state index < -0.39 is 0 Å². The number of imidazole rings is 1. The van der Waals surface area contributed by atoms with E-state index in [0.717, 1.165) is 20.9 Å². The van der Waals surface area contributed by atoms with E-state index in [1.54, 1.807) is 6.20 Å². The van der Waals surface area contributed by atoms with Crippen molar-refractivity contribution in [2.75, 3.05) is 5.32 Å². The number of anilines is 1. The number of hydrogen-bond donors (Lipinski definition) is 1. The van der Waals surface area contributed by atoms with Gasteiger partial charge in [-0.25, -0.2) is 9.97 Å². The number of carbonyl (C=O) groups is 1. The zero-order valence-corrected chi connectivity index (χ0v) is 12.7. The Balaban J connectivity index is 1.63. The standard InChI is InChI=1S/C14H10N4OS2/c1-8-6-18-7-11(21-14(18)15-8)12(19)17-13-16-9-4-2-3-5-10(9)20-13/h2-7H,1H3,(H,16,17,19). The average Bonchev–Trinajstić information content (AvgIpc) is 3.09. The van der Waals surface area contributed by atoms with E-state index in [0.29, 0.717) is 10.0 Å². The Kier molecular flexibility index (Phi) is 2.76. The van der Waals surface area contributed by atoms with Crippen molar-refractivity contribution >= 4 is 48.9 Å². The Bertz CT molecular complexity index is 901. The van der Waals surface area contributed by atoms with Gasteiger partial charge in [0.1, 0.15) is 4.88 Å². The van der Waals surface area contributed by atoms with Crippen molar-refractivity contribution in [2.45, 2.75) is 6.92 Å². The van der Waals surface area contributed by atoms with Crippen LogP contribution in [0.15, 0.2) is 36.7 Å². The van der Waals surface area contributed by atoms with Crippen LogP contribution in [0.3, 0.4) is 0 Å². The van der Waals surface area contributed by atoms with Crippen LogP contribution in [-0.4, -0.2) is 20.3 Å². The third-order valence-corrected chi connectivity index (χ3v) is 4.96. The van der Waals surface area contributed by atoms with Crippen LogP contribution in [-0.2, 0) is 0 Å². The third-order valence-electron chi connectivity index (χ3n) is 3.01. The molecule has 0 bridgehead atoms. The van der Waals surface area contributed by atoms with Gasteiger partial charge in [-0.3, -0.25) is 14.5 Å². The minimum Gasteiger partial charge on any atom is -0.297 e. The highest BCUT2D eigenvalue weighted by molar-refractivity contribution is 7.22. The van der Waals surface area contributed by atoms with Crippen LogP contribution in [0, 0.1) is 6.92 Å². The molecule has 4 aromatic rings. The van der Waals surface area contributed by atoms with Gasteiger partial charge < -0.3 is 0 Å². The topological polar surface area (TPSA) is 59.3 Å². The van der Waals surface area contributed by atoms with Crippen molar-refractivity contribution in [1.29, 1.82) is 0 Å². The molecule has 1 aromatic carbocycles. The van der Waals surface area contributed by atoms with Gasteiger partial charge in [-0.15, -0.1) is 0 Å². The molecule has 104 valence electrons. The van der Waals surface area contributed by atoms with Crippen molar-refractivity contribution in [3.8, 4) is 0 Å². The van der Waals surface area contributed by atoms with Gasteiger partial charge in [-0.05, 0) is 19.1 Å². The van der Waals surface area contributed by atoms with Crippen molar-refractivity contribution in [3.05, 3.63) is 47.2 Å². The third kappa shape index (κ3) is 2.20. The summed E-state index contributed by atoms with van der Waals surface area (Å²) in [4.78, 5) is 22.5. The molecule has 21 heavy (non-hydrogen) atoms. The molecule has 0 unspecified atom stereocenters. The molecule has 1 N–H and O–H groups in total. The molecule has 7 heteroatoms. The summed E-state index contributed by atoms with van der Waals surface area (Å²) in [6.45, 7) is 1.93. The fourth-order valence-electron chi connectivity index (χ4n) is 2.10. The molecule has 4 rings (SSSR count). The molecule has 3 heterocycles. The van der Waals surface area contributed by atoms with Crippen LogP contribution < -0.4 is 5.32 Å². The number of fused-ring (bicyclic) bond motifs is 2. The van der Waals surface area contributed by atoms with Crippen LogP contribution in [0.25, 0.3) is 15.2 Å². The molecule has 0 saturated carbocycles. The second-order valence-corrected chi connectivity index (χ2v) is 6.65. The number of aromatic nitrogens is 3. The molecule has 5 nitrogen and oxygen atoms in total. The van der Waals surface area contributed by atoms with Crippen LogP contribution in [0.4, 0.5) is 5.13 Å². The Labute approximate surface area is 127 Å². The summed E-state index contributed by atoms with van der Waals surface area (Å²) in [5.41, 5.74) is 1.84. The van der Waals surface area contributed by atoms with E-state index in [2.05, 4.69) is 15.3 Å². The summed E-state index contributed by atoms with van der Waals surface area (Å²) in [6, 6.07) is 7.82. The highest BCUT2D eigenvalue weighted by Gasteiger charge is 2.14. The summed E-state index contributed by atoms with van der Waals surface area (Å²) in [5, 5.41) is 3.47. The first kappa shape index (κ1) is 12.5. The van der Waals surface area contributed by atoms with E-state index >= 15 is 0 Å². The molecule has 3 aromatic heterocycles. The molecule has 0 aliphatic rings. The number of para-hydroxylation sites is 1. The largest absolute Gasteiger partial charge is 0.297 e. The monoisotopic (exact) mass is 314 g/mol. The second kappa shape index (κ2) is 4.64. The predicted octanol–water partition coefficient (Wildman–Crippen LogP) is 3.57. The normalized spacial score (nSPS) is 11.3. The fraction of sp³-hybridized carbons (Fsp3) is 0.0714. The first-order valence-electron chi connectivity index (χ1n) is 6.31. The molecule has 1 amide bonds. The lowest BCUT2D eigenvalue weighted by molar-refractivity contribution is 0.103. The van der Waals surface area contributed by atoms with Gasteiger partial charge >= 0.3 is 0 Å². The van der Waals surface area contributed by atoms with Crippen LogP contribution in [0.2, 0.25) is 0 Å². The van der Waals surface area contributed by atoms with Crippen LogP contribution in [0.5, 0.6) is 0 Å². The number of thiazole rings is 2. The number of amides is 1. The summed E-state index contributed by atoms with van der Waals surface area (Å²) < 4.78 is 2.93. The lowest BCUT2D eigenvalue weighted by atomic mass is 10.3. The quantitative estimate of drug-likeness (QED) is 0.615. The number of nitrogens with one attached hydrogen (secondary N) is 1. The van der Waals surface area contributed by atoms with Gasteiger partial charge in [-0.2, -0.15) is 0 Å². The van der Waals surface area contributed by atoms with Crippen molar-refractivity contribution < 1.29 is 4.79 Å². The Morgan fingerprint density at radius 1 is 1.19 bits per heavy atom. The Hall–Kier alpha value is -2.25. The molecule has 0 aliphatic carbocycles. The number of carbonyl (C=O) groups excluding carboxylic acids is 1. The maximum absolute atomic E-state index is 12.3. The van der Waals surface area contributed by atoms with E-state index in [1.807, 2.05) is 41.8 Å². The number of nitrogens with zero attached hydrogens (tertiary/aromatic N) is 3. The van der Waals surface area contributed by atoms with Gasteiger partial charge in [0.15, 0.2) is 10.1 Å². The molecule has 0 radical (unpaired) electrons. The van der Waals surface area contributed by atoms with Crippen molar-refractivity contribution in [2.24, 2.45) is 0 Å². The average molecular weight is 314 g/mol. The molecular formula is C14H10N4OS2. The zero-order chi connectivity index (χ0) is 14.4. The first-order chi connectivity index (χ1) is 10.2. The molecule has 0 saturated heterocycles. The van der Waals surface area contributed by atoms with E-state index in [1.165, 1.54) is 22.7 Å². The predicted molar refractivity (Wildman–Crippen MR) is 85.4 cm³/mol. The highest BCUT2D eigenvalue weighted by atomic mass is 32.1. The van der Waals surface area contributed by atoms with E-state index in [-0.39, 0.29) is 5.91 Å². The number of rotatable bonds is 2. The van der Waals surface area contributed by atoms with Gasteiger partial charge in [0.2, 0.25) is 0 Å². The fourth-order valence-corrected chi connectivity index (χ4v) is 3.87. The smallest absolute Gasteiger partial charge is 0.269 e. The maximum atomic E-state index is 12.3. The number of aryl methyl sites for hydroxylation is 1. The Morgan fingerprint density at radius 2 is 2.05 bits per heavy atom. The summed E-state index contributed by atoms with van der Waals surface area (Å²) >= 11 is 2.84. The molecule has 0 aliphatic heterocycles. The van der Waals surface area contributed by atoms with Crippen LogP contribution >= 0.6 is 22.7 Å². The van der Waals surface area contributed by atoms with Gasteiger partial charge in [0.25, 0.3) is 5.91 Å². The van der Waals surface area contributed by atoms with Crippen molar-refractivity contribution in [1.82, 2.24) is 14.4 Å². The minimum absolute atomic E-state index is 0.151. The second-order valence-electron chi connectivity index (χ2n) is 4.61. The van der Waals surface area contributed by atoms with Gasteiger partial charge in [0, 0.05) is 12.4 Å². The minimum atomic E-state index is -0.151. The zero-order valence-electron chi connectivity index (χ0n) is 11.0. The summed E-state index contributed by atoms with van der Waals surface area (Å²) in [7, 11) is 0. The molecule has 0 spiro atoms. The molecule has 0 atom stereocenters. The van der Waals surface area contributed by atoms with Gasteiger partial charge in [0.05, 0.1) is 15.9 Å². The van der Waals surface area contributed by atoms with Crippen LogP contribution in [0.1, 0.15) is 15.4 Å². The van der Waals surface area contributed by atoms with Gasteiger partial charge in [-0.1, -0.05) is 34.8 Å². The lowest BCUT2D eigenvalue weighted by Crippen LogP contribution is -2.09. The summed E-state index contributed by atoms with van der Waals surface area (Å²) in [6.07, 6.45) is 3.70. The summed E-state index contributed by atoms with van der Waals surface area (Å²) in [5.74, 6) is -0.151. The first-order valence-corrected chi connectivity index (χ1v) is 7.94. The SMILES string of the molecule is Cc1cn2cc(C(=O)Nc3nc4ccccc4s3)sc2n1. The number of hydrogen-bond acceptors (Lipinski definition) is 5. The molecule has 0 fully saturated rings. The Morgan fingerprint density at radius 3 is 2.86 bits per heavy atom. The number of benzene rings is 1. The maximum Gasteiger partial charge on any atom is 0.269 e. The lowest BCUT2D eigenvalue weighted by Gasteiger charge is -1.96. The van der Waals surface area contributed by atoms with E-state index in [4.69, 9.17) is 0 Å². The van der Waals surface area contributed by atoms with E-state index in [9.17, 15) is 4.79 Å².